The summed E-state index contributed by atoms with van der Waals surface area (Å²) in [5, 5.41) is 0. The van der Waals surface area contributed by atoms with Gasteiger partial charge in [0.25, 0.3) is 0 Å². The third kappa shape index (κ3) is 6.46. The van der Waals surface area contributed by atoms with Gasteiger partial charge in [-0.25, -0.2) is 0 Å². The molecule has 7 aromatic rings. The number of pyridine rings is 4. The molecule has 0 aliphatic carbocycles. The second-order valence-corrected chi connectivity index (χ2v) is 11.9. The molecule has 0 amide bonds. The van der Waals surface area contributed by atoms with Crippen molar-refractivity contribution in [3.05, 3.63) is 170 Å². The standard InChI is InChI=1S/C21H14N3.C21H19N2.Ir/c1-2-18(16-4-9-22-10-5-16)14-20(3-1)21-15-19(8-13-24-21)17-6-11-23-12-7-17;1-21(2)16-10-4-5-13-19(16)23(3)20-15(9-8-11-17(20)21)18-12-6-7-14-22-18;/h1-2,4-15H;4-8,10-14H,1-3H3;/q2*-1;. The van der Waals surface area contributed by atoms with Crippen LogP contribution in [-0.2, 0) is 25.5 Å². The molecule has 0 spiro atoms. The van der Waals surface area contributed by atoms with Gasteiger partial charge in [-0.15, -0.1) is 59.2 Å². The van der Waals surface area contributed by atoms with Gasteiger partial charge in [-0.1, -0.05) is 55.8 Å². The zero-order chi connectivity index (χ0) is 32.2. The summed E-state index contributed by atoms with van der Waals surface area (Å²) in [6.45, 7) is 4.58. The van der Waals surface area contributed by atoms with Crippen LogP contribution in [0.15, 0.2) is 146 Å². The van der Waals surface area contributed by atoms with E-state index in [1.54, 1.807) is 24.8 Å². The van der Waals surface area contributed by atoms with E-state index in [1.807, 2.05) is 79.1 Å². The Morgan fingerprint density at radius 1 is 0.562 bits per heavy atom. The molecule has 237 valence electrons. The second kappa shape index (κ2) is 14.2. The van der Waals surface area contributed by atoms with Crippen LogP contribution >= 0.6 is 0 Å². The molecular weight excluding hydrogens is 767 g/mol. The molecular formula is C42H33IrN5-2. The summed E-state index contributed by atoms with van der Waals surface area (Å²) in [5.41, 5.74) is 13.5. The van der Waals surface area contributed by atoms with E-state index in [2.05, 4.69) is 100 Å². The number of hydrogen-bond donors (Lipinski definition) is 0. The number of hydrogen-bond acceptors (Lipinski definition) is 5. The minimum absolute atomic E-state index is 0. The van der Waals surface area contributed by atoms with Gasteiger partial charge in [0.05, 0.1) is 0 Å². The summed E-state index contributed by atoms with van der Waals surface area (Å²) < 4.78 is 0. The summed E-state index contributed by atoms with van der Waals surface area (Å²) in [6, 6.07) is 43.7. The van der Waals surface area contributed by atoms with Gasteiger partial charge >= 0.3 is 0 Å². The maximum Gasteiger partial charge on any atom is 0.0365 e. The van der Waals surface area contributed by atoms with Crippen LogP contribution in [0.3, 0.4) is 0 Å². The average molecular weight is 800 g/mol. The Hall–Kier alpha value is -5.29. The molecule has 0 saturated carbocycles. The summed E-state index contributed by atoms with van der Waals surface area (Å²) >= 11 is 0. The van der Waals surface area contributed by atoms with Crippen molar-refractivity contribution < 1.29 is 20.1 Å². The Labute approximate surface area is 295 Å². The zero-order valence-corrected chi connectivity index (χ0v) is 29.3. The van der Waals surface area contributed by atoms with E-state index in [-0.39, 0.29) is 25.5 Å². The SMILES string of the molecule is CN1c2ccccc2C(C)(C)c2cc[c-]c(-c3ccccn3)c21.[Ir].[c-]1ccc(-c2ccncc2)cc1-c1cc(-c2ccncc2)ccn1. The van der Waals surface area contributed by atoms with E-state index in [1.165, 1.54) is 22.5 Å². The Kier molecular flexibility index (Phi) is 9.67. The normalized spacial score (nSPS) is 12.4. The second-order valence-electron chi connectivity index (χ2n) is 11.9. The molecule has 4 aromatic heterocycles. The van der Waals surface area contributed by atoms with Crippen LogP contribution in [0.25, 0.3) is 44.8 Å². The maximum absolute atomic E-state index is 4.54. The third-order valence-corrected chi connectivity index (χ3v) is 8.70. The smallest absolute Gasteiger partial charge is 0.0365 e. The summed E-state index contributed by atoms with van der Waals surface area (Å²) in [5.74, 6) is 0. The molecule has 0 fully saturated rings. The van der Waals surface area contributed by atoms with Gasteiger partial charge in [0.2, 0.25) is 0 Å². The number of fused-ring (bicyclic) bond motifs is 2. The van der Waals surface area contributed by atoms with E-state index in [9.17, 15) is 0 Å². The van der Waals surface area contributed by atoms with E-state index in [0.717, 1.165) is 44.8 Å². The average Bonchev–Trinajstić information content (AvgIpc) is 3.15. The van der Waals surface area contributed by atoms with Crippen molar-refractivity contribution in [2.75, 3.05) is 11.9 Å². The van der Waals surface area contributed by atoms with E-state index in [0.29, 0.717) is 0 Å². The van der Waals surface area contributed by atoms with E-state index >= 15 is 0 Å². The van der Waals surface area contributed by atoms with Crippen LogP contribution < -0.4 is 4.90 Å². The monoisotopic (exact) mass is 800 g/mol. The predicted molar refractivity (Wildman–Crippen MR) is 190 cm³/mol. The fourth-order valence-electron chi connectivity index (χ4n) is 6.25. The van der Waals surface area contributed by atoms with Gasteiger partial charge in [0.1, 0.15) is 0 Å². The van der Waals surface area contributed by atoms with Crippen LogP contribution in [-0.4, -0.2) is 27.0 Å². The number of anilines is 2. The molecule has 48 heavy (non-hydrogen) atoms. The van der Waals surface area contributed by atoms with Gasteiger partial charge in [0.15, 0.2) is 0 Å². The van der Waals surface area contributed by atoms with E-state index in [4.69, 9.17) is 0 Å². The van der Waals surface area contributed by atoms with Crippen molar-refractivity contribution in [2.45, 2.75) is 19.3 Å². The van der Waals surface area contributed by atoms with Crippen LogP contribution in [0.5, 0.6) is 0 Å². The van der Waals surface area contributed by atoms with Gasteiger partial charge in [-0.3, -0.25) is 9.97 Å². The van der Waals surface area contributed by atoms with Crippen molar-refractivity contribution in [2.24, 2.45) is 0 Å². The van der Waals surface area contributed by atoms with E-state index < -0.39 is 0 Å². The number of aromatic nitrogens is 4. The molecule has 0 bridgehead atoms. The molecule has 1 aliphatic rings. The molecule has 3 aromatic carbocycles. The first-order valence-electron chi connectivity index (χ1n) is 15.6. The van der Waals surface area contributed by atoms with Crippen LogP contribution in [0.1, 0.15) is 25.0 Å². The summed E-state index contributed by atoms with van der Waals surface area (Å²) in [6.07, 6.45) is 10.9. The number of nitrogens with zero attached hydrogens (tertiary/aromatic N) is 5. The quantitative estimate of drug-likeness (QED) is 0.166. The maximum atomic E-state index is 4.54. The van der Waals surface area contributed by atoms with Crippen LogP contribution in [0, 0.1) is 12.1 Å². The Morgan fingerprint density at radius 2 is 1.19 bits per heavy atom. The number of benzene rings is 3. The molecule has 6 heteroatoms. The van der Waals surface area contributed by atoms with Crippen molar-refractivity contribution in [3.63, 3.8) is 0 Å². The van der Waals surface area contributed by atoms with Gasteiger partial charge in [0, 0.05) is 75.4 Å². The third-order valence-electron chi connectivity index (χ3n) is 8.70. The Morgan fingerprint density at radius 3 is 1.90 bits per heavy atom. The van der Waals surface area contributed by atoms with Crippen molar-refractivity contribution in [3.8, 4) is 44.8 Å². The van der Waals surface area contributed by atoms with Gasteiger partial charge in [-0.2, -0.15) is 0 Å². The molecule has 5 nitrogen and oxygen atoms in total. The fraction of sp³-hybridized carbons (Fsp3) is 0.0952. The van der Waals surface area contributed by atoms with Crippen molar-refractivity contribution in [1.82, 2.24) is 19.9 Å². The van der Waals surface area contributed by atoms with Crippen molar-refractivity contribution in [1.29, 1.82) is 0 Å². The Bertz CT molecular complexity index is 2050. The molecule has 0 saturated heterocycles. The molecule has 0 atom stereocenters. The predicted octanol–water partition coefficient (Wildman–Crippen LogP) is 9.63. The Balaban J connectivity index is 0.000000164. The van der Waals surface area contributed by atoms with Gasteiger partial charge in [-0.05, 0) is 81.8 Å². The molecule has 1 aliphatic heterocycles. The van der Waals surface area contributed by atoms with Crippen molar-refractivity contribution >= 4 is 11.4 Å². The van der Waals surface area contributed by atoms with Crippen LogP contribution in [0.4, 0.5) is 11.4 Å². The van der Waals surface area contributed by atoms with Gasteiger partial charge < -0.3 is 14.9 Å². The molecule has 0 N–H and O–H groups in total. The number of para-hydroxylation sites is 1. The topological polar surface area (TPSA) is 54.8 Å². The first-order chi connectivity index (χ1) is 23.0. The summed E-state index contributed by atoms with van der Waals surface area (Å²) in [4.78, 5) is 19.5. The molecule has 8 rings (SSSR count). The first-order valence-corrected chi connectivity index (χ1v) is 15.6. The largest absolute Gasteiger partial charge is 0.384 e. The number of rotatable bonds is 4. The molecule has 0 unspecified atom stereocenters. The first kappa shape index (κ1) is 32.6. The fourth-order valence-corrected chi connectivity index (χ4v) is 6.25. The molecule has 5 heterocycles. The molecule has 1 radical (unpaired) electrons. The van der Waals surface area contributed by atoms with Crippen LogP contribution in [0.2, 0.25) is 0 Å². The zero-order valence-electron chi connectivity index (χ0n) is 26.9. The summed E-state index contributed by atoms with van der Waals surface area (Å²) in [7, 11) is 2.13. The minimum atomic E-state index is -0.0446. The minimum Gasteiger partial charge on any atom is -0.384 e.